The van der Waals surface area contributed by atoms with Crippen LogP contribution in [0.2, 0.25) is 0 Å². The Kier molecular flexibility index (Phi) is 4.20. The second-order valence-corrected chi connectivity index (χ2v) is 9.21. The van der Waals surface area contributed by atoms with E-state index in [0.717, 1.165) is 35.0 Å². The lowest BCUT2D eigenvalue weighted by Gasteiger charge is -2.29. The van der Waals surface area contributed by atoms with Gasteiger partial charge < -0.3 is 9.88 Å². The summed E-state index contributed by atoms with van der Waals surface area (Å²) in [5.74, 6) is -0.0754. The van der Waals surface area contributed by atoms with Crippen molar-refractivity contribution in [2.24, 2.45) is 0 Å². The van der Waals surface area contributed by atoms with Crippen LogP contribution in [0.1, 0.15) is 41.4 Å². The van der Waals surface area contributed by atoms with Gasteiger partial charge in [-0.15, -0.1) is 0 Å². The number of benzene rings is 1. The summed E-state index contributed by atoms with van der Waals surface area (Å²) in [5, 5.41) is 1.05. The summed E-state index contributed by atoms with van der Waals surface area (Å²) in [6.45, 7) is 5.87. The number of aromatic nitrogens is 1. The Bertz CT molecular complexity index is 894. The molecule has 0 spiro atoms. The van der Waals surface area contributed by atoms with Gasteiger partial charge in [-0.2, -0.15) is 0 Å². The van der Waals surface area contributed by atoms with Crippen LogP contribution in [0.3, 0.4) is 0 Å². The van der Waals surface area contributed by atoms with Crippen molar-refractivity contribution >= 4 is 26.6 Å². The van der Waals surface area contributed by atoms with E-state index in [2.05, 4.69) is 4.98 Å². The molecule has 1 amide bonds. The highest BCUT2D eigenvalue weighted by atomic mass is 32.2. The maximum absolute atomic E-state index is 13.0. The molecule has 3 rings (SSSR count). The highest BCUT2D eigenvalue weighted by Crippen LogP contribution is 2.31. The predicted octanol–water partition coefficient (Wildman–Crippen LogP) is 2.82. The number of hydrogen-bond donors (Lipinski definition) is 1. The second kappa shape index (κ2) is 5.92. The van der Waals surface area contributed by atoms with E-state index in [9.17, 15) is 13.2 Å². The van der Waals surface area contributed by atoms with E-state index in [1.807, 2.05) is 39.0 Å². The number of rotatable bonds is 5. The maximum Gasteiger partial charge on any atom is 0.254 e. The molecule has 6 heteroatoms. The highest BCUT2D eigenvalue weighted by molar-refractivity contribution is 7.90. The molecule has 1 aromatic heterocycles. The first kappa shape index (κ1) is 17.0. The summed E-state index contributed by atoms with van der Waals surface area (Å²) in [4.78, 5) is 18.1. The number of H-pyrrole nitrogens is 1. The summed E-state index contributed by atoms with van der Waals surface area (Å²) < 4.78 is 23.3. The number of carbonyl (C=O) groups excluding carboxylic acids is 1. The standard InChI is InChI=1S/C18H24N2O3S/c1-11(10-24(4,22)23)20(15-6-7-15)18(21)14-5-8-17-16(9-14)12(2)13(3)19-17/h5,8-9,11,15,19H,6-7,10H2,1-4H3/t11-/m1/s1. The SMILES string of the molecule is Cc1[nH]c2ccc(C(=O)N(C3CC3)[C@H](C)CS(C)(=O)=O)cc2c1C. The van der Waals surface area contributed by atoms with Crippen molar-refractivity contribution in [2.75, 3.05) is 12.0 Å². The van der Waals surface area contributed by atoms with E-state index in [-0.39, 0.29) is 23.7 Å². The van der Waals surface area contributed by atoms with Gasteiger partial charge in [-0.25, -0.2) is 8.42 Å². The molecule has 0 unspecified atom stereocenters. The Balaban J connectivity index is 1.94. The van der Waals surface area contributed by atoms with Gasteiger partial charge in [0.1, 0.15) is 9.84 Å². The van der Waals surface area contributed by atoms with Gasteiger partial charge in [0.05, 0.1) is 5.75 Å². The molecular formula is C18H24N2O3S. The Labute approximate surface area is 143 Å². The number of amides is 1. The minimum atomic E-state index is -3.13. The topological polar surface area (TPSA) is 70.2 Å². The van der Waals surface area contributed by atoms with Crippen molar-refractivity contribution in [1.82, 2.24) is 9.88 Å². The molecular weight excluding hydrogens is 324 g/mol. The first-order valence-corrected chi connectivity index (χ1v) is 10.3. The molecule has 0 aliphatic heterocycles. The molecule has 24 heavy (non-hydrogen) atoms. The number of nitrogens with zero attached hydrogens (tertiary/aromatic N) is 1. The minimum Gasteiger partial charge on any atom is -0.358 e. The number of aryl methyl sites for hydroxylation is 2. The van der Waals surface area contributed by atoms with Crippen LogP contribution in [0.25, 0.3) is 10.9 Å². The van der Waals surface area contributed by atoms with Gasteiger partial charge in [0, 0.05) is 40.5 Å². The van der Waals surface area contributed by atoms with Crippen molar-refractivity contribution in [2.45, 2.75) is 45.7 Å². The number of carbonyl (C=O) groups is 1. The molecule has 1 heterocycles. The van der Waals surface area contributed by atoms with E-state index >= 15 is 0 Å². The van der Waals surface area contributed by atoms with Gasteiger partial charge in [0.15, 0.2) is 0 Å². The molecule has 2 aromatic rings. The molecule has 1 aliphatic carbocycles. The van der Waals surface area contributed by atoms with Crippen LogP contribution in [0.5, 0.6) is 0 Å². The van der Waals surface area contributed by atoms with Crippen LogP contribution in [0.15, 0.2) is 18.2 Å². The molecule has 1 aromatic carbocycles. The Morgan fingerprint density at radius 2 is 2.00 bits per heavy atom. The normalized spacial score (nSPS) is 16.3. The largest absolute Gasteiger partial charge is 0.358 e. The molecule has 0 saturated heterocycles. The first-order chi connectivity index (χ1) is 11.2. The molecule has 1 saturated carbocycles. The Morgan fingerprint density at radius 1 is 1.33 bits per heavy atom. The Hall–Kier alpha value is -1.82. The third-order valence-corrected chi connectivity index (χ3v) is 5.84. The van der Waals surface area contributed by atoms with E-state index in [0.29, 0.717) is 5.56 Å². The number of fused-ring (bicyclic) bond motifs is 1. The van der Waals surface area contributed by atoms with Crippen LogP contribution in [0.4, 0.5) is 0 Å². The lowest BCUT2D eigenvalue weighted by atomic mass is 10.1. The third kappa shape index (κ3) is 3.34. The number of nitrogens with one attached hydrogen (secondary N) is 1. The van der Waals surface area contributed by atoms with Crippen molar-refractivity contribution in [1.29, 1.82) is 0 Å². The fourth-order valence-corrected chi connectivity index (χ4v) is 4.38. The minimum absolute atomic E-state index is 0.000223. The number of aromatic amines is 1. The van der Waals surface area contributed by atoms with Crippen molar-refractivity contribution < 1.29 is 13.2 Å². The van der Waals surface area contributed by atoms with E-state index < -0.39 is 9.84 Å². The number of sulfone groups is 1. The van der Waals surface area contributed by atoms with Crippen molar-refractivity contribution in [3.05, 3.63) is 35.0 Å². The average molecular weight is 348 g/mol. The first-order valence-electron chi connectivity index (χ1n) is 8.26. The Morgan fingerprint density at radius 3 is 2.58 bits per heavy atom. The summed E-state index contributed by atoms with van der Waals surface area (Å²) in [6, 6.07) is 5.51. The molecule has 1 N–H and O–H groups in total. The average Bonchev–Trinajstić information content (AvgIpc) is 3.25. The second-order valence-electron chi connectivity index (χ2n) is 7.02. The molecule has 1 atom stereocenters. The fourth-order valence-electron chi connectivity index (χ4n) is 3.34. The van der Waals surface area contributed by atoms with Gasteiger partial charge in [-0.05, 0) is 57.4 Å². The van der Waals surface area contributed by atoms with Crippen LogP contribution >= 0.6 is 0 Å². The molecule has 130 valence electrons. The van der Waals surface area contributed by atoms with Crippen molar-refractivity contribution in [3.63, 3.8) is 0 Å². The predicted molar refractivity (Wildman–Crippen MR) is 96.1 cm³/mol. The molecule has 5 nitrogen and oxygen atoms in total. The van der Waals surface area contributed by atoms with E-state index in [1.54, 1.807) is 4.90 Å². The summed E-state index contributed by atoms with van der Waals surface area (Å²) in [5.41, 5.74) is 3.88. The summed E-state index contributed by atoms with van der Waals surface area (Å²) >= 11 is 0. The van der Waals surface area contributed by atoms with Crippen LogP contribution < -0.4 is 0 Å². The van der Waals surface area contributed by atoms with Gasteiger partial charge in [0.25, 0.3) is 5.91 Å². The maximum atomic E-state index is 13.0. The zero-order valence-electron chi connectivity index (χ0n) is 14.6. The lowest BCUT2D eigenvalue weighted by Crippen LogP contribution is -2.43. The van der Waals surface area contributed by atoms with Gasteiger partial charge in [-0.1, -0.05) is 0 Å². The van der Waals surface area contributed by atoms with E-state index in [1.165, 1.54) is 6.26 Å². The molecule has 0 bridgehead atoms. The van der Waals surface area contributed by atoms with Gasteiger partial charge >= 0.3 is 0 Å². The van der Waals surface area contributed by atoms with Crippen LogP contribution in [-0.4, -0.2) is 48.3 Å². The monoisotopic (exact) mass is 348 g/mol. The molecule has 1 aliphatic rings. The van der Waals surface area contributed by atoms with Crippen molar-refractivity contribution in [3.8, 4) is 0 Å². The zero-order valence-corrected chi connectivity index (χ0v) is 15.4. The molecule has 1 fully saturated rings. The lowest BCUT2D eigenvalue weighted by molar-refractivity contribution is 0.0693. The summed E-state index contributed by atoms with van der Waals surface area (Å²) in [6.07, 6.45) is 3.12. The molecule has 0 radical (unpaired) electrons. The number of hydrogen-bond acceptors (Lipinski definition) is 3. The van der Waals surface area contributed by atoms with Gasteiger partial charge in [-0.3, -0.25) is 4.79 Å². The van der Waals surface area contributed by atoms with Gasteiger partial charge in [0.2, 0.25) is 0 Å². The zero-order chi connectivity index (χ0) is 17.6. The third-order valence-electron chi connectivity index (χ3n) is 4.75. The van der Waals surface area contributed by atoms with Crippen LogP contribution in [-0.2, 0) is 9.84 Å². The fraction of sp³-hybridized carbons (Fsp3) is 0.500. The van der Waals surface area contributed by atoms with Crippen LogP contribution in [0, 0.1) is 13.8 Å². The quantitative estimate of drug-likeness (QED) is 0.903. The smallest absolute Gasteiger partial charge is 0.254 e. The van der Waals surface area contributed by atoms with E-state index in [4.69, 9.17) is 0 Å². The highest BCUT2D eigenvalue weighted by Gasteiger charge is 2.37. The summed E-state index contributed by atoms with van der Waals surface area (Å²) in [7, 11) is -3.13.